The molecular formula is C13H19NS2. The van der Waals surface area contributed by atoms with Crippen molar-refractivity contribution in [2.45, 2.75) is 34.5 Å². The van der Waals surface area contributed by atoms with E-state index in [9.17, 15) is 0 Å². The van der Waals surface area contributed by atoms with Crippen LogP contribution in [-0.2, 0) is 5.41 Å². The molecule has 1 aliphatic rings. The monoisotopic (exact) mass is 253 g/mol. The van der Waals surface area contributed by atoms with Gasteiger partial charge < -0.3 is 5.73 Å². The Labute approximate surface area is 107 Å². The molecular weight excluding hydrogens is 234 g/mol. The quantitative estimate of drug-likeness (QED) is 0.832. The predicted octanol–water partition coefficient (Wildman–Crippen LogP) is 3.51. The lowest BCUT2D eigenvalue weighted by Crippen LogP contribution is -2.41. The van der Waals surface area contributed by atoms with Crippen molar-refractivity contribution in [3.63, 3.8) is 0 Å². The minimum absolute atomic E-state index is 0.293. The molecule has 1 aromatic carbocycles. The number of rotatable bonds is 4. The summed E-state index contributed by atoms with van der Waals surface area (Å²) in [4.78, 5) is 2.77. The van der Waals surface area contributed by atoms with E-state index in [-0.39, 0.29) is 0 Å². The molecule has 0 bridgehead atoms. The number of hydrogen-bond donors (Lipinski definition) is 1. The van der Waals surface area contributed by atoms with E-state index in [1.807, 2.05) is 23.5 Å². The van der Waals surface area contributed by atoms with Crippen LogP contribution in [0.2, 0.25) is 0 Å². The van der Waals surface area contributed by atoms with Crippen molar-refractivity contribution >= 4 is 23.5 Å². The zero-order valence-electron chi connectivity index (χ0n) is 9.95. The number of nitrogens with two attached hydrogens (primary N) is 1. The van der Waals surface area contributed by atoms with Crippen LogP contribution in [0.25, 0.3) is 0 Å². The van der Waals surface area contributed by atoms with Gasteiger partial charge in [-0.05, 0) is 43.0 Å². The Balaban J connectivity index is 2.35. The molecule has 0 spiro atoms. The molecule has 1 nitrogen and oxygen atoms in total. The second-order valence-electron chi connectivity index (χ2n) is 4.41. The predicted molar refractivity (Wildman–Crippen MR) is 74.6 cm³/mol. The second-order valence-corrected chi connectivity index (χ2v) is 6.10. The molecule has 16 heavy (non-hydrogen) atoms. The minimum atomic E-state index is 0.293. The second kappa shape index (κ2) is 5.03. The first-order valence-electron chi connectivity index (χ1n) is 5.68. The van der Waals surface area contributed by atoms with Crippen LogP contribution in [0.3, 0.4) is 0 Å². The fourth-order valence-electron chi connectivity index (χ4n) is 2.38. The van der Waals surface area contributed by atoms with Gasteiger partial charge in [0.2, 0.25) is 0 Å². The molecule has 2 rings (SSSR count). The van der Waals surface area contributed by atoms with E-state index >= 15 is 0 Å². The number of hydrogen-bond acceptors (Lipinski definition) is 3. The highest BCUT2D eigenvalue weighted by Gasteiger charge is 2.37. The summed E-state index contributed by atoms with van der Waals surface area (Å²) in [6.45, 7) is 0.791. The van der Waals surface area contributed by atoms with Crippen molar-refractivity contribution in [3.8, 4) is 0 Å². The Morgan fingerprint density at radius 2 is 1.88 bits per heavy atom. The van der Waals surface area contributed by atoms with Crippen LogP contribution in [-0.4, -0.2) is 19.1 Å². The standard InChI is InChI=1S/C13H19NS2/c1-15-11-5-4-10(8-12(11)16-2)13(9-14)6-3-7-13/h4-5,8H,3,6-7,9,14H2,1-2H3. The van der Waals surface area contributed by atoms with E-state index < -0.39 is 0 Å². The van der Waals surface area contributed by atoms with Crippen LogP contribution in [0.15, 0.2) is 28.0 Å². The third-order valence-electron chi connectivity index (χ3n) is 3.70. The van der Waals surface area contributed by atoms with Gasteiger partial charge in [0.15, 0.2) is 0 Å². The van der Waals surface area contributed by atoms with Gasteiger partial charge in [0.1, 0.15) is 0 Å². The van der Waals surface area contributed by atoms with Gasteiger partial charge in [-0.3, -0.25) is 0 Å². The van der Waals surface area contributed by atoms with Gasteiger partial charge in [-0.2, -0.15) is 0 Å². The van der Waals surface area contributed by atoms with Crippen LogP contribution in [0.1, 0.15) is 24.8 Å². The Morgan fingerprint density at radius 3 is 2.31 bits per heavy atom. The molecule has 0 unspecified atom stereocenters. The smallest absolute Gasteiger partial charge is 0.0208 e. The molecule has 0 heterocycles. The summed E-state index contributed by atoms with van der Waals surface area (Å²) >= 11 is 3.65. The van der Waals surface area contributed by atoms with Crippen LogP contribution in [0.4, 0.5) is 0 Å². The Kier molecular flexibility index (Phi) is 3.88. The molecule has 1 saturated carbocycles. The van der Waals surface area contributed by atoms with E-state index in [4.69, 9.17) is 5.73 Å². The zero-order valence-corrected chi connectivity index (χ0v) is 11.6. The molecule has 1 aromatic rings. The van der Waals surface area contributed by atoms with E-state index in [2.05, 4.69) is 30.7 Å². The maximum Gasteiger partial charge on any atom is 0.0208 e. The van der Waals surface area contributed by atoms with E-state index in [0.717, 1.165) is 6.54 Å². The molecule has 0 aliphatic heterocycles. The van der Waals surface area contributed by atoms with Gasteiger partial charge in [-0.1, -0.05) is 12.5 Å². The van der Waals surface area contributed by atoms with Crippen molar-refractivity contribution in [1.82, 2.24) is 0 Å². The molecule has 1 aliphatic carbocycles. The van der Waals surface area contributed by atoms with Crippen molar-refractivity contribution in [2.24, 2.45) is 5.73 Å². The molecule has 0 aromatic heterocycles. The first-order chi connectivity index (χ1) is 7.75. The molecule has 0 amide bonds. The summed E-state index contributed by atoms with van der Waals surface area (Å²) < 4.78 is 0. The lowest BCUT2D eigenvalue weighted by Gasteiger charge is -2.41. The Hall–Kier alpha value is -0.120. The number of thioether (sulfide) groups is 2. The first-order valence-corrected chi connectivity index (χ1v) is 8.13. The van der Waals surface area contributed by atoms with E-state index in [0.29, 0.717) is 5.41 Å². The molecule has 88 valence electrons. The highest BCUT2D eigenvalue weighted by molar-refractivity contribution is 8.01. The van der Waals surface area contributed by atoms with Gasteiger partial charge in [0, 0.05) is 21.8 Å². The third-order valence-corrected chi connectivity index (χ3v) is 5.40. The molecule has 3 heteroatoms. The van der Waals surface area contributed by atoms with Gasteiger partial charge in [0.05, 0.1) is 0 Å². The normalized spacial score (nSPS) is 18.2. The summed E-state index contributed by atoms with van der Waals surface area (Å²) in [5.41, 5.74) is 7.69. The fourth-order valence-corrected chi connectivity index (χ4v) is 3.86. The first kappa shape index (κ1) is 12.3. The van der Waals surface area contributed by atoms with Crippen LogP contribution in [0.5, 0.6) is 0 Å². The average molecular weight is 253 g/mol. The summed E-state index contributed by atoms with van der Waals surface area (Å²) in [6, 6.07) is 6.88. The Morgan fingerprint density at radius 1 is 1.19 bits per heavy atom. The zero-order chi connectivity index (χ0) is 11.6. The van der Waals surface area contributed by atoms with Gasteiger partial charge in [0.25, 0.3) is 0 Å². The fraction of sp³-hybridized carbons (Fsp3) is 0.538. The minimum Gasteiger partial charge on any atom is -0.330 e. The topological polar surface area (TPSA) is 26.0 Å². The van der Waals surface area contributed by atoms with Gasteiger partial charge in [-0.15, -0.1) is 23.5 Å². The molecule has 0 radical (unpaired) electrons. The summed E-state index contributed by atoms with van der Waals surface area (Å²) in [7, 11) is 0. The SMILES string of the molecule is CSc1ccc(C2(CN)CCC2)cc1SC. The molecule has 1 fully saturated rings. The summed E-state index contributed by atoms with van der Waals surface area (Å²) in [6.07, 6.45) is 8.13. The van der Waals surface area contributed by atoms with Crippen LogP contribution in [0, 0.1) is 0 Å². The average Bonchev–Trinajstić information content (AvgIpc) is 2.28. The maximum atomic E-state index is 5.95. The van der Waals surface area contributed by atoms with Gasteiger partial charge in [-0.25, -0.2) is 0 Å². The molecule has 0 atom stereocenters. The van der Waals surface area contributed by atoms with Crippen molar-refractivity contribution in [1.29, 1.82) is 0 Å². The lowest BCUT2D eigenvalue weighted by molar-refractivity contribution is 0.252. The molecule has 2 N–H and O–H groups in total. The van der Waals surface area contributed by atoms with Crippen molar-refractivity contribution in [2.75, 3.05) is 19.1 Å². The Bertz CT molecular complexity index is 367. The van der Waals surface area contributed by atoms with Crippen molar-refractivity contribution in [3.05, 3.63) is 23.8 Å². The third kappa shape index (κ3) is 2.01. The highest BCUT2D eigenvalue weighted by atomic mass is 32.2. The summed E-state index contributed by atoms with van der Waals surface area (Å²) in [5.74, 6) is 0. The molecule has 0 saturated heterocycles. The van der Waals surface area contributed by atoms with Gasteiger partial charge >= 0.3 is 0 Å². The highest BCUT2D eigenvalue weighted by Crippen LogP contribution is 2.44. The maximum absolute atomic E-state index is 5.95. The van der Waals surface area contributed by atoms with E-state index in [1.165, 1.54) is 34.6 Å². The van der Waals surface area contributed by atoms with E-state index in [1.54, 1.807) is 0 Å². The van der Waals surface area contributed by atoms with Crippen LogP contribution >= 0.6 is 23.5 Å². The number of benzene rings is 1. The largest absolute Gasteiger partial charge is 0.330 e. The lowest BCUT2D eigenvalue weighted by atomic mass is 9.64. The van der Waals surface area contributed by atoms with Crippen molar-refractivity contribution < 1.29 is 0 Å². The summed E-state index contributed by atoms with van der Waals surface area (Å²) in [5, 5.41) is 0. The van der Waals surface area contributed by atoms with Crippen LogP contribution < -0.4 is 5.73 Å².